The third kappa shape index (κ3) is 3.34. The number of para-hydroxylation sites is 1. The molecular formula is C16H19N3O4. The van der Waals surface area contributed by atoms with Crippen molar-refractivity contribution >= 4 is 5.97 Å². The highest BCUT2D eigenvalue weighted by Crippen LogP contribution is 2.32. The second kappa shape index (κ2) is 6.78. The molecule has 3 rings (SSSR count). The maximum absolute atomic E-state index is 11.8. The number of fused-ring (bicyclic) bond motifs is 1. The summed E-state index contributed by atoms with van der Waals surface area (Å²) in [6, 6.07) is 6.43. The summed E-state index contributed by atoms with van der Waals surface area (Å²) in [5.74, 6) is 0.774. The summed E-state index contributed by atoms with van der Waals surface area (Å²) >= 11 is 0. The molecular weight excluding hydrogens is 298 g/mol. The van der Waals surface area contributed by atoms with E-state index in [9.17, 15) is 9.90 Å². The predicted molar refractivity (Wildman–Crippen MR) is 81.0 cm³/mol. The molecule has 1 aliphatic heterocycles. The second-order valence-corrected chi connectivity index (χ2v) is 5.45. The highest BCUT2D eigenvalue weighted by atomic mass is 16.5. The molecule has 0 radical (unpaired) electrons. The van der Waals surface area contributed by atoms with Gasteiger partial charge in [0.2, 0.25) is 5.89 Å². The zero-order valence-electron chi connectivity index (χ0n) is 12.9. The maximum Gasteiger partial charge on any atom is 0.325 e. The first-order valence-electron chi connectivity index (χ1n) is 7.69. The largest absolute Gasteiger partial charge is 0.492 e. The van der Waals surface area contributed by atoms with Crippen molar-refractivity contribution < 1.29 is 19.2 Å². The average molecular weight is 317 g/mol. The summed E-state index contributed by atoms with van der Waals surface area (Å²) in [5.41, 5.74) is 0.644. The first-order chi connectivity index (χ1) is 11.2. The lowest BCUT2D eigenvalue weighted by molar-refractivity contribution is -0.143. The minimum atomic E-state index is -0.920. The zero-order valence-corrected chi connectivity index (χ0v) is 12.9. The normalized spacial score (nSPS) is 18.0. The molecule has 0 saturated carbocycles. The van der Waals surface area contributed by atoms with E-state index in [2.05, 4.69) is 10.1 Å². The van der Waals surface area contributed by atoms with Crippen molar-refractivity contribution in [3.8, 4) is 5.75 Å². The molecule has 0 amide bonds. The monoisotopic (exact) mass is 317 g/mol. The van der Waals surface area contributed by atoms with Crippen molar-refractivity contribution in [1.29, 1.82) is 0 Å². The second-order valence-electron chi connectivity index (χ2n) is 5.45. The fourth-order valence-corrected chi connectivity index (χ4v) is 2.75. The molecule has 0 aliphatic carbocycles. The predicted octanol–water partition coefficient (Wildman–Crippen LogP) is 2.04. The van der Waals surface area contributed by atoms with Crippen LogP contribution in [0, 0.1) is 0 Å². The smallest absolute Gasteiger partial charge is 0.325 e. The molecule has 1 N–H and O–H groups in total. The van der Waals surface area contributed by atoms with Gasteiger partial charge in [-0.15, -0.1) is 0 Å². The third-order valence-electron chi connectivity index (χ3n) is 3.77. The lowest BCUT2D eigenvalue weighted by atomic mass is 10.0. The van der Waals surface area contributed by atoms with Crippen molar-refractivity contribution in [2.24, 2.45) is 0 Å². The number of benzene rings is 1. The van der Waals surface area contributed by atoms with E-state index in [1.54, 1.807) is 17.0 Å². The summed E-state index contributed by atoms with van der Waals surface area (Å²) in [6.45, 7) is 3.21. The molecule has 1 aliphatic rings. The molecule has 122 valence electrons. The Morgan fingerprint density at radius 2 is 2.26 bits per heavy atom. The molecule has 1 unspecified atom stereocenters. The minimum absolute atomic E-state index is 0.283. The van der Waals surface area contributed by atoms with Gasteiger partial charge < -0.3 is 14.4 Å². The van der Waals surface area contributed by atoms with Gasteiger partial charge in [0.1, 0.15) is 18.4 Å². The topological polar surface area (TPSA) is 88.7 Å². The Morgan fingerprint density at radius 3 is 3.04 bits per heavy atom. The summed E-state index contributed by atoms with van der Waals surface area (Å²) in [4.78, 5) is 17.9. The van der Waals surface area contributed by atoms with Gasteiger partial charge in [0.05, 0.1) is 6.54 Å². The summed E-state index contributed by atoms with van der Waals surface area (Å²) < 4.78 is 10.9. The van der Waals surface area contributed by atoms with E-state index in [0.717, 1.165) is 12.8 Å². The number of aliphatic carboxylic acids is 1. The Hall–Kier alpha value is -2.41. The van der Waals surface area contributed by atoms with Crippen LogP contribution in [0.15, 0.2) is 28.8 Å². The van der Waals surface area contributed by atoms with Crippen molar-refractivity contribution in [1.82, 2.24) is 15.0 Å². The summed E-state index contributed by atoms with van der Waals surface area (Å²) in [7, 11) is 0. The van der Waals surface area contributed by atoms with Crippen LogP contribution in [0.4, 0.5) is 0 Å². The molecule has 7 nitrogen and oxygen atoms in total. The molecule has 2 aromatic rings. The van der Waals surface area contributed by atoms with Gasteiger partial charge in [0, 0.05) is 18.5 Å². The van der Waals surface area contributed by atoms with Crippen LogP contribution in [-0.4, -0.2) is 39.3 Å². The van der Waals surface area contributed by atoms with Crippen LogP contribution in [0.3, 0.4) is 0 Å². The number of carboxylic acids is 1. The van der Waals surface area contributed by atoms with Crippen LogP contribution in [0.5, 0.6) is 5.75 Å². The number of aryl methyl sites for hydroxylation is 1. The standard InChI is InChI=1S/C16H19N3O4/c1-2-5-13-17-14(23-18-13)10-19-8-9-22-12-7-4-3-6-11(12)15(19)16(20)21/h3-4,6-7,15H,2,5,8-10H2,1H3,(H,20,21). The quantitative estimate of drug-likeness (QED) is 0.902. The number of hydrogen-bond donors (Lipinski definition) is 1. The molecule has 2 heterocycles. The van der Waals surface area contributed by atoms with Crippen molar-refractivity contribution in [3.05, 3.63) is 41.5 Å². The zero-order chi connectivity index (χ0) is 16.2. The fraction of sp³-hybridized carbons (Fsp3) is 0.438. The van der Waals surface area contributed by atoms with E-state index in [0.29, 0.717) is 36.2 Å². The van der Waals surface area contributed by atoms with Gasteiger partial charge in [0.15, 0.2) is 5.82 Å². The molecule has 0 bridgehead atoms. The number of nitrogens with zero attached hydrogens (tertiary/aromatic N) is 3. The molecule has 1 aromatic heterocycles. The van der Waals surface area contributed by atoms with Crippen LogP contribution in [0.2, 0.25) is 0 Å². The summed E-state index contributed by atoms with van der Waals surface area (Å²) in [6.07, 6.45) is 1.68. The molecule has 0 spiro atoms. The molecule has 1 atom stereocenters. The number of carboxylic acid groups (broad SMARTS) is 1. The molecule has 23 heavy (non-hydrogen) atoms. The van der Waals surface area contributed by atoms with E-state index in [-0.39, 0.29) is 6.54 Å². The van der Waals surface area contributed by atoms with E-state index in [4.69, 9.17) is 9.26 Å². The van der Waals surface area contributed by atoms with E-state index in [1.165, 1.54) is 0 Å². The van der Waals surface area contributed by atoms with Gasteiger partial charge >= 0.3 is 5.97 Å². The number of ether oxygens (including phenoxy) is 1. The SMILES string of the molecule is CCCc1noc(CN2CCOc3ccccc3C2C(=O)O)n1. The highest BCUT2D eigenvalue weighted by molar-refractivity contribution is 5.76. The Labute approximate surface area is 133 Å². The number of aromatic nitrogens is 2. The third-order valence-corrected chi connectivity index (χ3v) is 3.77. The van der Waals surface area contributed by atoms with Crippen LogP contribution in [-0.2, 0) is 17.8 Å². The van der Waals surface area contributed by atoms with E-state index >= 15 is 0 Å². The Bertz CT molecular complexity index is 685. The van der Waals surface area contributed by atoms with E-state index in [1.807, 2.05) is 19.1 Å². The minimum Gasteiger partial charge on any atom is -0.492 e. The van der Waals surface area contributed by atoms with Crippen LogP contribution in [0.25, 0.3) is 0 Å². The van der Waals surface area contributed by atoms with Crippen molar-refractivity contribution in [2.45, 2.75) is 32.4 Å². The van der Waals surface area contributed by atoms with Gasteiger partial charge in [-0.25, -0.2) is 0 Å². The first-order valence-corrected chi connectivity index (χ1v) is 7.69. The van der Waals surface area contributed by atoms with Gasteiger partial charge in [-0.2, -0.15) is 4.98 Å². The number of hydrogen-bond acceptors (Lipinski definition) is 6. The number of carbonyl (C=O) groups is 1. The maximum atomic E-state index is 11.8. The fourth-order valence-electron chi connectivity index (χ4n) is 2.75. The average Bonchev–Trinajstić information content (AvgIpc) is 2.87. The number of rotatable bonds is 5. The highest BCUT2D eigenvalue weighted by Gasteiger charge is 2.33. The molecule has 0 saturated heterocycles. The lowest BCUT2D eigenvalue weighted by Gasteiger charge is -2.24. The Balaban J connectivity index is 1.86. The molecule has 0 fully saturated rings. The van der Waals surface area contributed by atoms with Crippen LogP contribution >= 0.6 is 0 Å². The van der Waals surface area contributed by atoms with Gasteiger partial charge in [-0.05, 0) is 12.5 Å². The van der Waals surface area contributed by atoms with Crippen LogP contribution < -0.4 is 4.74 Å². The van der Waals surface area contributed by atoms with Gasteiger partial charge in [0.25, 0.3) is 0 Å². The molecule has 1 aromatic carbocycles. The summed E-state index contributed by atoms with van der Waals surface area (Å²) in [5, 5.41) is 13.6. The van der Waals surface area contributed by atoms with Gasteiger partial charge in [-0.3, -0.25) is 9.69 Å². The lowest BCUT2D eigenvalue weighted by Crippen LogP contribution is -2.34. The van der Waals surface area contributed by atoms with Gasteiger partial charge in [-0.1, -0.05) is 30.3 Å². The van der Waals surface area contributed by atoms with Crippen LogP contribution in [0.1, 0.15) is 36.7 Å². The van der Waals surface area contributed by atoms with E-state index < -0.39 is 12.0 Å². The molecule has 7 heteroatoms. The Morgan fingerprint density at radius 1 is 1.43 bits per heavy atom. The first kappa shape index (κ1) is 15.5. The Kier molecular flexibility index (Phi) is 4.57. The van der Waals surface area contributed by atoms with Crippen molar-refractivity contribution in [2.75, 3.05) is 13.2 Å². The van der Waals surface area contributed by atoms with Crippen molar-refractivity contribution in [3.63, 3.8) is 0 Å².